The van der Waals surface area contributed by atoms with E-state index in [-0.39, 0.29) is 23.0 Å². The van der Waals surface area contributed by atoms with E-state index in [9.17, 15) is 10.2 Å². The lowest BCUT2D eigenvalue weighted by Gasteiger charge is -2.56. The van der Waals surface area contributed by atoms with Gasteiger partial charge in [0.2, 0.25) is 0 Å². The average Bonchev–Trinajstić information content (AvgIpc) is 2.31. The van der Waals surface area contributed by atoms with E-state index in [1.54, 1.807) is 0 Å². The summed E-state index contributed by atoms with van der Waals surface area (Å²) in [5.41, 5.74) is 0.444. The SMILES string of the molecule is CC1(C)C2[C@H](O)C[C@@]3(C)CCC[C@]2(C[C@H]1O)C3. The number of fused-ring (bicyclic) bond motifs is 1. The molecule has 3 rings (SSSR count). The van der Waals surface area contributed by atoms with Gasteiger partial charge in [-0.2, -0.15) is 0 Å². The summed E-state index contributed by atoms with van der Waals surface area (Å²) >= 11 is 0. The lowest BCUT2D eigenvalue weighted by Crippen LogP contribution is -2.52. The van der Waals surface area contributed by atoms with Gasteiger partial charge in [0.25, 0.3) is 0 Å². The Morgan fingerprint density at radius 1 is 1.00 bits per heavy atom. The molecule has 2 nitrogen and oxygen atoms in total. The van der Waals surface area contributed by atoms with Crippen molar-refractivity contribution in [1.82, 2.24) is 0 Å². The topological polar surface area (TPSA) is 40.5 Å². The lowest BCUT2D eigenvalue weighted by molar-refractivity contribution is -0.125. The monoisotopic (exact) mass is 238 g/mol. The first-order valence-corrected chi connectivity index (χ1v) is 7.15. The van der Waals surface area contributed by atoms with Crippen LogP contribution in [0.3, 0.4) is 0 Å². The minimum atomic E-state index is -0.234. The highest BCUT2D eigenvalue weighted by atomic mass is 16.3. The Balaban J connectivity index is 2.03. The maximum absolute atomic E-state index is 10.6. The van der Waals surface area contributed by atoms with Crippen LogP contribution < -0.4 is 0 Å². The van der Waals surface area contributed by atoms with Crippen LogP contribution in [0.15, 0.2) is 0 Å². The highest BCUT2D eigenvalue weighted by Crippen LogP contribution is 2.68. The molecule has 2 bridgehead atoms. The van der Waals surface area contributed by atoms with Crippen LogP contribution in [-0.4, -0.2) is 22.4 Å². The Bertz CT molecular complexity index is 338. The van der Waals surface area contributed by atoms with Gasteiger partial charge in [-0.3, -0.25) is 0 Å². The van der Waals surface area contributed by atoms with E-state index in [2.05, 4.69) is 20.8 Å². The second-order valence-corrected chi connectivity index (χ2v) is 7.99. The zero-order valence-electron chi connectivity index (χ0n) is 11.4. The van der Waals surface area contributed by atoms with Gasteiger partial charge >= 0.3 is 0 Å². The molecule has 3 saturated carbocycles. The van der Waals surface area contributed by atoms with Crippen molar-refractivity contribution in [2.24, 2.45) is 22.2 Å². The van der Waals surface area contributed by atoms with Gasteiger partial charge in [0.1, 0.15) is 0 Å². The number of rotatable bonds is 0. The van der Waals surface area contributed by atoms with Crippen molar-refractivity contribution in [3.63, 3.8) is 0 Å². The number of hydrogen-bond acceptors (Lipinski definition) is 2. The van der Waals surface area contributed by atoms with Gasteiger partial charge in [-0.05, 0) is 54.3 Å². The molecule has 98 valence electrons. The highest BCUT2D eigenvalue weighted by molar-refractivity contribution is 5.14. The predicted octanol–water partition coefficient (Wildman–Crippen LogP) is 2.72. The summed E-state index contributed by atoms with van der Waals surface area (Å²) in [4.78, 5) is 0. The molecule has 1 unspecified atom stereocenters. The van der Waals surface area contributed by atoms with E-state index in [4.69, 9.17) is 0 Å². The van der Waals surface area contributed by atoms with Crippen molar-refractivity contribution >= 4 is 0 Å². The summed E-state index contributed by atoms with van der Waals surface area (Å²) in [6.45, 7) is 6.64. The summed E-state index contributed by atoms with van der Waals surface area (Å²) in [5, 5.41) is 21.0. The summed E-state index contributed by atoms with van der Waals surface area (Å²) in [6.07, 6.45) is 6.39. The fraction of sp³-hybridized carbons (Fsp3) is 1.00. The van der Waals surface area contributed by atoms with Gasteiger partial charge in [0, 0.05) is 0 Å². The summed E-state index contributed by atoms with van der Waals surface area (Å²) in [7, 11) is 0. The van der Waals surface area contributed by atoms with Crippen LogP contribution in [0.1, 0.15) is 59.3 Å². The summed E-state index contributed by atoms with van der Waals surface area (Å²) in [6, 6.07) is 0. The van der Waals surface area contributed by atoms with Crippen LogP contribution in [0.5, 0.6) is 0 Å². The Hall–Kier alpha value is -0.0800. The molecule has 3 fully saturated rings. The minimum absolute atomic E-state index is 0.113. The fourth-order valence-electron chi connectivity index (χ4n) is 5.81. The second kappa shape index (κ2) is 3.27. The molecule has 0 aromatic rings. The van der Waals surface area contributed by atoms with E-state index in [1.165, 1.54) is 25.7 Å². The van der Waals surface area contributed by atoms with Gasteiger partial charge in [-0.25, -0.2) is 0 Å². The molecule has 0 aromatic heterocycles. The highest BCUT2D eigenvalue weighted by Gasteiger charge is 2.64. The largest absolute Gasteiger partial charge is 0.393 e. The van der Waals surface area contributed by atoms with Crippen molar-refractivity contribution in [2.45, 2.75) is 71.5 Å². The maximum Gasteiger partial charge on any atom is 0.0600 e. The van der Waals surface area contributed by atoms with Crippen LogP contribution >= 0.6 is 0 Å². The van der Waals surface area contributed by atoms with Gasteiger partial charge in [0.05, 0.1) is 12.2 Å². The number of aliphatic hydroxyl groups is 2. The molecule has 3 aliphatic rings. The molecule has 5 atom stereocenters. The van der Waals surface area contributed by atoms with Crippen molar-refractivity contribution in [1.29, 1.82) is 0 Å². The molecule has 0 aromatic carbocycles. The predicted molar refractivity (Wildman–Crippen MR) is 67.5 cm³/mol. The maximum atomic E-state index is 10.6. The quantitative estimate of drug-likeness (QED) is 0.681. The second-order valence-electron chi connectivity index (χ2n) is 7.99. The Morgan fingerprint density at radius 2 is 1.71 bits per heavy atom. The Kier molecular flexibility index (Phi) is 2.30. The third kappa shape index (κ3) is 1.46. The van der Waals surface area contributed by atoms with Gasteiger partial charge < -0.3 is 10.2 Å². The van der Waals surface area contributed by atoms with Crippen LogP contribution in [0.2, 0.25) is 0 Å². The van der Waals surface area contributed by atoms with Crippen LogP contribution in [0.25, 0.3) is 0 Å². The summed E-state index contributed by atoms with van der Waals surface area (Å²) in [5.74, 6) is 0.304. The third-order valence-electron chi connectivity index (χ3n) is 6.24. The molecule has 0 saturated heterocycles. The van der Waals surface area contributed by atoms with Gasteiger partial charge in [0.15, 0.2) is 0 Å². The molecular weight excluding hydrogens is 212 g/mol. The first-order chi connectivity index (χ1) is 7.79. The van der Waals surface area contributed by atoms with E-state index < -0.39 is 0 Å². The van der Waals surface area contributed by atoms with E-state index in [0.29, 0.717) is 11.3 Å². The standard InChI is InChI=1S/C15H26O2/c1-13(2)11(17)8-15-6-4-5-14(3,9-15)7-10(16)12(13)15/h10-12,16-17H,4-9H2,1-3H3/t10-,11-,12?,14-,15+/m1/s1. The lowest BCUT2D eigenvalue weighted by atomic mass is 9.49. The van der Waals surface area contributed by atoms with E-state index >= 15 is 0 Å². The average molecular weight is 238 g/mol. The first kappa shape index (κ1) is 12.0. The molecule has 0 heterocycles. The van der Waals surface area contributed by atoms with Crippen LogP contribution in [0, 0.1) is 22.2 Å². The molecular formula is C15H26O2. The van der Waals surface area contributed by atoms with Crippen molar-refractivity contribution < 1.29 is 10.2 Å². The number of aliphatic hydroxyl groups excluding tert-OH is 2. The van der Waals surface area contributed by atoms with E-state index in [0.717, 1.165) is 12.8 Å². The molecule has 0 aliphatic heterocycles. The van der Waals surface area contributed by atoms with Crippen molar-refractivity contribution in [3.8, 4) is 0 Å². The number of hydrogen-bond donors (Lipinski definition) is 2. The Morgan fingerprint density at radius 3 is 2.41 bits per heavy atom. The zero-order valence-corrected chi connectivity index (χ0v) is 11.4. The molecule has 0 radical (unpaired) electrons. The molecule has 17 heavy (non-hydrogen) atoms. The van der Waals surface area contributed by atoms with Crippen LogP contribution in [0.4, 0.5) is 0 Å². The van der Waals surface area contributed by atoms with Crippen molar-refractivity contribution in [3.05, 3.63) is 0 Å². The molecule has 2 N–H and O–H groups in total. The van der Waals surface area contributed by atoms with Crippen LogP contribution in [-0.2, 0) is 0 Å². The first-order valence-electron chi connectivity index (χ1n) is 7.15. The fourth-order valence-corrected chi connectivity index (χ4v) is 5.81. The molecule has 2 heteroatoms. The van der Waals surface area contributed by atoms with Gasteiger partial charge in [-0.15, -0.1) is 0 Å². The van der Waals surface area contributed by atoms with Gasteiger partial charge in [-0.1, -0.05) is 27.2 Å². The zero-order chi connectivity index (χ0) is 12.5. The smallest absolute Gasteiger partial charge is 0.0600 e. The Labute approximate surface area is 104 Å². The minimum Gasteiger partial charge on any atom is -0.393 e. The molecule has 0 amide bonds. The van der Waals surface area contributed by atoms with E-state index in [1.807, 2.05) is 0 Å². The molecule has 1 spiro atoms. The summed E-state index contributed by atoms with van der Waals surface area (Å²) < 4.78 is 0. The molecule has 3 aliphatic carbocycles. The normalized spacial score (nSPS) is 56.6. The third-order valence-corrected chi connectivity index (χ3v) is 6.24. The van der Waals surface area contributed by atoms with Crippen molar-refractivity contribution in [2.75, 3.05) is 0 Å².